The summed E-state index contributed by atoms with van der Waals surface area (Å²) in [5, 5.41) is 17.5. The number of hydrogen-bond donors (Lipinski definition) is 2. The quantitative estimate of drug-likeness (QED) is 0.485. The van der Waals surface area contributed by atoms with Gasteiger partial charge in [-0.05, 0) is 26.1 Å². The number of benzene rings is 1. The molecule has 1 aromatic heterocycles. The Hall–Kier alpha value is -2.37. The van der Waals surface area contributed by atoms with E-state index in [0.717, 1.165) is 12.1 Å². The molecule has 1 unspecified atom stereocenters. The SMILES string of the molecule is CNC(C)Cc1noc(CCNS(=O)(=O)c2ccc([N+](=O)[O-])cc2)n1. The lowest BCUT2D eigenvalue weighted by molar-refractivity contribution is -0.384. The van der Waals surface area contributed by atoms with Crippen molar-refractivity contribution in [2.45, 2.75) is 30.7 Å². The number of nitrogens with one attached hydrogen (secondary N) is 2. The van der Waals surface area contributed by atoms with Crippen molar-refractivity contribution in [3.8, 4) is 0 Å². The molecule has 0 aliphatic heterocycles. The standard InChI is InChI=1S/C14H19N5O5S/c1-10(15-2)9-13-17-14(24-18-13)7-8-16-25(22,23)12-5-3-11(4-6-12)19(20)21/h3-6,10,15-16H,7-9H2,1-2H3. The summed E-state index contributed by atoms with van der Waals surface area (Å²) in [7, 11) is -1.93. The van der Waals surface area contributed by atoms with Gasteiger partial charge < -0.3 is 9.84 Å². The molecule has 2 N–H and O–H groups in total. The minimum absolute atomic E-state index is 0.0489. The molecule has 25 heavy (non-hydrogen) atoms. The lowest BCUT2D eigenvalue weighted by atomic mass is 10.2. The Balaban J connectivity index is 1.91. The first-order valence-electron chi connectivity index (χ1n) is 7.54. The van der Waals surface area contributed by atoms with Crippen LogP contribution in [0.5, 0.6) is 0 Å². The summed E-state index contributed by atoms with van der Waals surface area (Å²) < 4.78 is 31.7. The molecule has 1 atom stereocenters. The highest BCUT2D eigenvalue weighted by molar-refractivity contribution is 7.89. The van der Waals surface area contributed by atoms with E-state index >= 15 is 0 Å². The van der Waals surface area contributed by atoms with Crippen molar-refractivity contribution < 1.29 is 17.9 Å². The Kier molecular flexibility index (Phi) is 6.17. The Morgan fingerprint density at radius 3 is 2.60 bits per heavy atom. The summed E-state index contributed by atoms with van der Waals surface area (Å²) in [4.78, 5) is 14.1. The zero-order valence-corrected chi connectivity index (χ0v) is 14.6. The van der Waals surface area contributed by atoms with E-state index in [-0.39, 0.29) is 29.6 Å². The highest BCUT2D eigenvalue weighted by Gasteiger charge is 2.16. The van der Waals surface area contributed by atoms with Gasteiger partial charge in [-0.2, -0.15) is 4.98 Å². The molecule has 10 nitrogen and oxygen atoms in total. The molecule has 1 heterocycles. The predicted molar refractivity (Wildman–Crippen MR) is 88.5 cm³/mol. The Bertz CT molecular complexity index is 818. The normalized spacial score (nSPS) is 12.9. The van der Waals surface area contributed by atoms with Crippen LogP contribution in [0.4, 0.5) is 5.69 Å². The molecule has 0 fully saturated rings. The zero-order chi connectivity index (χ0) is 18.4. The van der Waals surface area contributed by atoms with Crippen molar-refractivity contribution in [2.24, 2.45) is 0 Å². The summed E-state index contributed by atoms with van der Waals surface area (Å²) in [6.07, 6.45) is 0.849. The van der Waals surface area contributed by atoms with Gasteiger partial charge in [-0.15, -0.1) is 0 Å². The minimum Gasteiger partial charge on any atom is -0.339 e. The molecule has 0 amide bonds. The minimum atomic E-state index is -3.76. The number of likely N-dealkylation sites (N-methyl/N-ethyl adjacent to an activating group) is 1. The number of rotatable bonds is 9. The molecule has 0 aliphatic rings. The molecule has 11 heteroatoms. The van der Waals surface area contributed by atoms with Gasteiger partial charge in [0.25, 0.3) is 5.69 Å². The largest absolute Gasteiger partial charge is 0.339 e. The van der Waals surface area contributed by atoms with Crippen LogP contribution >= 0.6 is 0 Å². The van der Waals surface area contributed by atoms with Gasteiger partial charge in [-0.25, -0.2) is 13.1 Å². The Labute approximate surface area is 144 Å². The Morgan fingerprint density at radius 1 is 1.32 bits per heavy atom. The second-order valence-electron chi connectivity index (χ2n) is 5.40. The first kappa shape index (κ1) is 19.0. The van der Waals surface area contributed by atoms with Gasteiger partial charge in [0, 0.05) is 37.6 Å². The van der Waals surface area contributed by atoms with Crippen LogP contribution in [0, 0.1) is 10.1 Å². The van der Waals surface area contributed by atoms with E-state index in [0.29, 0.717) is 18.1 Å². The topological polar surface area (TPSA) is 140 Å². The molecule has 0 bridgehead atoms. The zero-order valence-electron chi connectivity index (χ0n) is 13.8. The van der Waals surface area contributed by atoms with Crippen molar-refractivity contribution in [3.63, 3.8) is 0 Å². The van der Waals surface area contributed by atoms with Gasteiger partial charge in [0.1, 0.15) is 0 Å². The van der Waals surface area contributed by atoms with Crippen LogP contribution in [0.3, 0.4) is 0 Å². The summed E-state index contributed by atoms with van der Waals surface area (Å²) >= 11 is 0. The molecule has 0 radical (unpaired) electrons. The average Bonchev–Trinajstić information content (AvgIpc) is 3.01. The number of nitro benzene ring substituents is 1. The van der Waals surface area contributed by atoms with Crippen LogP contribution in [0.15, 0.2) is 33.7 Å². The van der Waals surface area contributed by atoms with E-state index in [1.807, 2.05) is 14.0 Å². The van der Waals surface area contributed by atoms with E-state index < -0.39 is 14.9 Å². The van der Waals surface area contributed by atoms with Crippen molar-refractivity contribution in [3.05, 3.63) is 46.1 Å². The third-order valence-electron chi connectivity index (χ3n) is 3.48. The van der Waals surface area contributed by atoms with Crippen LogP contribution < -0.4 is 10.0 Å². The van der Waals surface area contributed by atoms with Gasteiger partial charge in [0.2, 0.25) is 15.9 Å². The summed E-state index contributed by atoms with van der Waals surface area (Å²) in [6, 6.07) is 4.85. The molecular formula is C14H19N5O5S. The molecule has 136 valence electrons. The molecule has 2 rings (SSSR count). The van der Waals surface area contributed by atoms with Crippen LogP contribution in [0.2, 0.25) is 0 Å². The maximum Gasteiger partial charge on any atom is 0.269 e. The van der Waals surface area contributed by atoms with Gasteiger partial charge >= 0.3 is 0 Å². The number of hydrogen-bond acceptors (Lipinski definition) is 8. The Morgan fingerprint density at radius 2 is 2.00 bits per heavy atom. The van der Waals surface area contributed by atoms with E-state index in [2.05, 4.69) is 20.2 Å². The van der Waals surface area contributed by atoms with Gasteiger partial charge in [-0.3, -0.25) is 10.1 Å². The number of sulfonamides is 1. The first-order valence-corrected chi connectivity index (χ1v) is 9.03. The number of nitrogens with zero attached hydrogens (tertiary/aromatic N) is 3. The fourth-order valence-corrected chi connectivity index (χ4v) is 3.01. The van der Waals surface area contributed by atoms with E-state index in [9.17, 15) is 18.5 Å². The van der Waals surface area contributed by atoms with Crippen molar-refractivity contribution in [1.29, 1.82) is 0 Å². The molecule has 0 aliphatic carbocycles. The average molecular weight is 369 g/mol. The van der Waals surface area contributed by atoms with Crippen molar-refractivity contribution in [2.75, 3.05) is 13.6 Å². The van der Waals surface area contributed by atoms with Crippen LogP contribution in [0.1, 0.15) is 18.6 Å². The number of nitro groups is 1. The van der Waals surface area contributed by atoms with Crippen LogP contribution in [-0.2, 0) is 22.9 Å². The fourth-order valence-electron chi connectivity index (χ4n) is 1.97. The smallest absolute Gasteiger partial charge is 0.269 e. The second kappa shape index (κ2) is 8.14. The predicted octanol–water partition coefficient (Wildman–Crippen LogP) is 0.649. The summed E-state index contributed by atoms with van der Waals surface area (Å²) in [5.41, 5.74) is -0.173. The fraction of sp³-hybridized carbons (Fsp3) is 0.429. The molecule has 2 aromatic rings. The van der Waals surface area contributed by atoms with E-state index in [4.69, 9.17) is 4.52 Å². The van der Waals surface area contributed by atoms with Gasteiger partial charge in [-0.1, -0.05) is 5.16 Å². The highest BCUT2D eigenvalue weighted by Crippen LogP contribution is 2.15. The van der Waals surface area contributed by atoms with Gasteiger partial charge in [0.15, 0.2) is 5.82 Å². The van der Waals surface area contributed by atoms with E-state index in [1.54, 1.807) is 0 Å². The first-order chi connectivity index (χ1) is 11.8. The number of non-ortho nitro benzene ring substituents is 1. The molecular weight excluding hydrogens is 350 g/mol. The maximum absolute atomic E-state index is 12.1. The third-order valence-corrected chi connectivity index (χ3v) is 4.96. The van der Waals surface area contributed by atoms with Gasteiger partial charge in [0.05, 0.1) is 9.82 Å². The van der Waals surface area contributed by atoms with Crippen LogP contribution in [-0.4, -0.2) is 43.1 Å². The highest BCUT2D eigenvalue weighted by atomic mass is 32.2. The monoisotopic (exact) mass is 369 g/mol. The lowest BCUT2D eigenvalue weighted by Crippen LogP contribution is -2.26. The van der Waals surface area contributed by atoms with E-state index in [1.165, 1.54) is 12.1 Å². The summed E-state index contributed by atoms with van der Waals surface area (Å²) in [6.45, 7) is 2.05. The molecule has 0 spiro atoms. The van der Waals surface area contributed by atoms with Crippen LogP contribution in [0.25, 0.3) is 0 Å². The molecule has 0 saturated heterocycles. The molecule has 0 saturated carbocycles. The third kappa shape index (κ3) is 5.31. The van der Waals surface area contributed by atoms with Crippen molar-refractivity contribution in [1.82, 2.24) is 20.2 Å². The summed E-state index contributed by atoms with van der Waals surface area (Å²) in [5.74, 6) is 0.889. The molecule has 1 aromatic carbocycles. The number of aromatic nitrogens is 2. The van der Waals surface area contributed by atoms with Crippen molar-refractivity contribution >= 4 is 15.7 Å². The lowest BCUT2D eigenvalue weighted by Gasteiger charge is -2.05. The maximum atomic E-state index is 12.1. The second-order valence-corrected chi connectivity index (χ2v) is 7.16.